The zero-order valence-electron chi connectivity index (χ0n) is 13.8. The average Bonchev–Trinajstić information content (AvgIpc) is 2.99. The first-order valence-corrected chi connectivity index (χ1v) is 9.19. The van der Waals surface area contributed by atoms with Gasteiger partial charge in [-0.25, -0.2) is 4.98 Å². The molecule has 0 atom stereocenters. The number of hydrogen-bond donors (Lipinski definition) is 1. The van der Waals surface area contributed by atoms with Crippen LogP contribution in [-0.4, -0.2) is 16.6 Å². The van der Waals surface area contributed by atoms with E-state index in [0.717, 1.165) is 47.0 Å². The molecular formula is C19H16F2N2O2S. The number of rotatable bonds is 4. The molecule has 1 aromatic carbocycles. The summed E-state index contributed by atoms with van der Waals surface area (Å²) in [5.74, 6) is 0.586. The van der Waals surface area contributed by atoms with Gasteiger partial charge in [-0.15, -0.1) is 11.3 Å². The van der Waals surface area contributed by atoms with E-state index in [0.29, 0.717) is 5.82 Å². The lowest BCUT2D eigenvalue weighted by molar-refractivity contribution is -0.0498. The van der Waals surface area contributed by atoms with Crippen LogP contribution in [0.25, 0.3) is 22.4 Å². The summed E-state index contributed by atoms with van der Waals surface area (Å²) in [6.45, 7) is -2.84. The van der Waals surface area contributed by atoms with Crippen molar-refractivity contribution < 1.29 is 13.5 Å². The predicted molar refractivity (Wildman–Crippen MR) is 98.9 cm³/mol. The van der Waals surface area contributed by atoms with E-state index < -0.39 is 6.61 Å². The summed E-state index contributed by atoms with van der Waals surface area (Å²) < 4.78 is 28.6. The van der Waals surface area contributed by atoms with Gasteiger partial charge in [0.25, 0.3) is 5.56 Å². The van der Waals surface area contributed by atoms with Crippen molar-refractivity contribution in [2.75, 3.05) is 0 Å². The highest BCUT2D eigenvalue weighted by Gasteiger charge is 2.19. The molecule has 0 amide bonds. The molecule has 1 N–H and O–H groups in total. The molecule has 3 aromatic rings. The van der Waals surface area contributed by atoms with Gasteiger partial charge < -0.3 is 9.72 Å². The second kappa shape index (κ2) is 6.99. The highest BCUT2D eigenvalue weighted by molar-refractivity contribution is 7.18. The summed E-state index contributed by atoms with van der Waals surface area (Å²) in [7, 11) is 0. The number of nitrogens with zero attached hydrogens (tertiary/aromatic N) is 1. The number of aromatic amines is 1. The molecule has 0 unspecified atom stereocenters. The van der Waals surface area contributed by atoms with E-state index in [1.807, 2.05) is 0 Å². The molecule has 2 heterocycles. The number of alkyl halides is 2. The number of halogens is 2. The quantitative estimate of drug-likeness (QED) is 0.724. The Hall–Kier alpha value is -2.54. The third kappa shape index (κ3) is 3.39. The van der Waals surface area contributed by atoms with Crippen molar-refractivity contribution in [3.05, 3.63) is 56.4 Å². The van der Waals surface area contributed by atoms with E-state index in [1.165, 1.54) is 17.0 Å². The monoisotopic (exact) mass is 374 g/mol. The first-order chi connectivity index (χ1) is 12.6. The molecular weight excluding hydrogens is 358 g/mol. The van der Waals surface area contributed by atoms with Gasteiger partial charge in [0, 0.05) is 4.88 Å². The molecule has 0 spiro atoms. The molecule has 7 heteroatoms. The second-order valence-electron chi connectivity index (χ2n) is 6.12. The van der Waals surface area contributed by atoms with E-state index in [9.17, 15) is 13.6 Å². The van der Waals surface area contributed by atoms with Crippen LogP contribution in [0.2, 0.25) is 0 Å². The molecule has 1 aliphatic carbocycles. The Balaban J connectivity index is 1.61. The van der Waals surface area contributed by atoms with Gasteiger partial charge in [-0.3, -0.25) is 4.79 Å². The number of benzene rings is 1. The normalized spacial score (nSPS) is 14.3. The Morgan fingerprint density at radius 3 is 2.69 bits per heavy atom. The molecule has 2 aromatic heterocycles. The van der Waals surface area contributed by atoms with Crippen molar-refractivity contribution in [2.45, 2.75) is 32.3 Å². The molecule has 1 aliphatic rings. The van der Waals surface area contributed by atoms with Crippen molar-refractivity contribution in [3.8, 4) is 5.75 Å². The maximum absolute atomic E-state index is 12.5. The van der Waals surface area contributed by atoms with Gasteiger partial charge in [-0.1, -0.05) is 18.2 Å². The van der Waals surface area contributed by atoms with Crippen molar-refractivity contribution in [3.63, 3.8) is 0 Å². The fourth-order valence-electron chi connectivity index (χ4n) is 3.20. The lowest BCUT2D eigenvalue weighted by atomic mass is 9.97. The van der Waals surface area contributed by atoms with Gasteiger partial charge in [0.1, 0.15) is 16.4 Å². The van der Waals surface area contributed by atoms with Crippen LogP contribution in [0.1, 0.15) is 34.7 Å². The molecule has 0 saturated heterocycles. The van der Waals surface area contributed by atoms with E-state index >= 15 is 0 Å². The Bertz CT molecular complexity index is 1020. The van der Waals surface area contributed by atoms with Crippen LogP contribution >= 0.6 is 11.3 Å². The Morgan fingerprint density at radius 1 is 1.15 bits per heavy atom. The first kappa shape index (κ1) is 16.9. The molecule has 0 radical (unpaired) electrons. The van der Waals surface area contributed by atoms with Gasteiger partial charge in [0.15, 0.2) is 0 Å². The minimum Gasteiger partial charge on any atom is -0.435 e. The molecule has 0 fully saturated rings. The highest BCUT2D eigenvalue weighted by Crippen LogP contribution is 2.33. The number of aryl methyl sites for hydroxylation is 2. The number of H-pyrrole nitrogens is 1. The third-order valence-corrected chi connectivity index (χ3v) is 5.57. The smallest absolute Gasteiger partial charge is 0.387 e. The first-order valence-electron chi connectivity index (χ1n) is 8.38. The van der Waals surface area contributed by atoms with Crippen LogP contribution in [0.3, 0.4) is 0 Å². The lowest BCUT2D eigenvalue weighted by Gasteiger charge is -2.09. The van der Waals surface area contributed by atoms with Crippen LogP contribution in [0.15, 0.2) is 29.1 Å². The van der Waals surface area contributed by atoms with Crippen molar-refractivity contribution >= 4 is 33.7 Å². The predicted octanol–water partition coefficient (Wildman–Crippen LogP) is 4.64. The number of fused-ring (bicyclic) bond motifs is 3. The number of ether oxygens (including phenoxy) is 1. The number of thiophene rings is 1. The van der Waals surface area contributed by atoms with Crippen LogP contribution in [-0.2, 0) is 12.8 Å². The summed E-state index contributed by atoms with van der Waals surface area (Å²) in [6.07, 6.45) is 7.73. The molecule has 134 valence electrons. The standard InChI is InChI=1S/C19H16F2N2O2S/c20-19(21)25-12-8-5-11(6-9-12)7-10-15-22-17(24)16-13-3-1-2-4-14(13)26-18(16)23-15/h5-10,19H,1-4H2,(H,22,23,24). The molecule has 4 nitrogen and oxygen atoms in total. The largest absolute Gasteiger partial charge is 0.435 e. The summed E-state index contributed by atoms with van der Waals surface area (Å²) in [6, 6.07) is 6.26. The summed E-state index contributed by atoms with van der Waals surface area (Å²) >= 11 is 1.60. The maximum atomic E-state index is 12.5. The topological polar surface area (TPSA) is 55.0 Å². The minimum atomic E-state index is -2.84. The summed E-state index contributed by atoms with van der Waals surface area (Å²) in [5, 5.41) is 0.732. The fourth-order valence-corrected chi connectivity index (χ4v) is 4.46. The minimum absolute atomic E-state index is 0.102. The van der Waals surface area contributed by atoms with Crippen molar-refractivity contribution in [2.24, 2.45) is 0 Å². The molecule has 0 saturated carbocycles. The summed E-state index contributed by atoms with van der Waals surface area (Å²) in [5.41, 5.74) is 1.85. The van der Waals surface area contributed by atoms with Crippen LogP contribution in [0.4, 0.5) is 8.78 Å². The van der Waals surface area contributed by atoms with Gasteiger partial charge in [-0.2, -0.15) is 8.78 Å². The van der Waals surface area contributed by atoms with Crippen molar-refractivity contribution in [1.29, 1.82) is 0 Å². The Kier molecular flexibility index (Phi) is 4.55. The average molecular weight is 374 g/mol. The van der Waals surface area contributed by atoms with Gasteiger partial charge >= 0.3 is 6.61 Å². The van der Waals surface area contributed by atoms with E-state index in [4.69, 9.17) is 0 Å². The van der Waals surface area contributed by atoms with Gasteiger partial charge in [-0.05, 0) is 55.0 Å². The number of hydrogen-bond acceptors (Lipinski definition) is 4. The van der Waals surface area contributed by atoms with E-state index in [1.54, 1.807) is 35.6 Å². The van der Waals surface area contributed by atoms with E-state index in [2.05, 4.69) is 14.7 Å². The zero-order chi connectivity index (χ0) is 18.1. The van der Waals surface area contributed by atoms with Crippen LogP contribution < -0.4 is 10.3 Å². The van der Waals surface area contributed by atoms with Crippen LogP contribution in [0.5, 0.6) is 5.75 Å². The Morgan fingerprint density at radius 2 is 1.92 bits per heavy atom. The zero-order valence-corrected chi connectivity index (χ0v) is 14.6. The molecule has 0 aliphatic heterocycles. The van der Waals surface area contributed by atoms with Crippen LogP contribution in [0, 0.1) is 0 Å². The maximum Gasteiger partial charge on any atom is 0.387 e. The highest BCUT2D eigenvalue weighted by atomic mass is 32.1. The molecule has 0 bridgehead atoms. The fraction of sp³-hybridized carbons (Fsp3) is 0.263. The molecule has 26 heavy (non-hydrogen) atoms. The lowest BCUT2D eigenvalue weighted by Crippen LogP contribution is -2.11. The second-order valence-corrected chi connectivity index (χ2v) is 7.21. The summed E-state index contributed by atoms with van der Waals surface area (Å²) in [4.78, 5) is 21.9. The van der Waals surface area contributed by atoms with Gasteiger partial charge in [0.2, 0.25) is 0 Å². The molecule has 4 rings (SSSR count). The number of aromatic nitrogens is 2. The Labute approximate surface area is 152 Å². The number of nitrogens with one attached hydrogen (secondary N) is 1. The third-order valence-electron chi connectivity index (χ3n) is 4.38. The van der Waals surface area contributed by atoms with Crippen molar-refractivity contribution in [1.82, 2.24) is 9.97 Å². The van der Waals surface area contributed by atoms with Gasteiger partial charge in [0.05, 0.1) is 5.39 Å². The SMILES string of the molecule is O=c1[nH]c(C=Cc2ccc(OC(F)F)cc2)nc2sc3c(c12)CCCC3. The van der Waals surface area contributed by atoms with E-state index in [-0.39, 0.29) is 11.3 Å².